The third kappa shape index (κ3) is 3.49. The lowest BCUT2D eigenvalue weighted by Gasteiger charge is -2.05. The van der Waals surface area contributed by atoms with Gasteiger partial charge in [0.05, 0.1) is 17.1 Å². The first kappa shape index (κ1) is 13.9. The first-order valence-electron chi connectivity index (χ1n) is 5.38. The fourth-order valence-corrected chi connectivity index (χ4v) is 3.04. The van der Waals surface area contributed by atoms with Crippen molar-refractivity contribution in [1.82, 2.24) is 9.71 Å². The molecule has 5 nitrogen and oxygen atoms in total. The zero-order valence-corrected chi connectivity index (χ0v) is 11.7. The maximum atomic E-state index is 12.7. The molecule has 0 bridgehead atoms. The van der Waals surface area contributed by atoms with E-state index in [1.165, 1.54) is 23.5 Å². The molecule has 102 valence electrons. The predicted molar refractivity (Wildman–Crippen MR) is 72.1 cm³/mol. The van der Waals surface area contributed by atoms with Gasteiger partial charge in [-0.25, -0.2) is 22.5 Å². The summed E-state index contributed by atoms with van der Waals surface area (Å²) in [6.45, 7) is 0.0951. The highest BCUT2D eigenvalue weighted by atomic mass is 32.2. The number of rotatable bonds is 5. The van der Waals surface area contributed by atoms with E-state index < -0.39 is 15.8 Å². The average Bonchev–Trinajstić information content (AvgIpc) is 2.85. The lowest BCUT2D eigenvalue weighted by Crippen LogP contribution is -2.23. The van der Waals surface area contributed by atoms with Gasteiger partial charge in [-0.2, -0.15) is 0 Å². The molecule has 0 spiro atoms. The Morgan fingerprint density at radius 2 is 2.00 bits per heavy atom. The summed E-state index contributed by atoms with van der Waals surface area (Å²) in [7, 11) is -1.90. The smallest absolute Gasteiger partial charge is 0.240 e. The van der Waals surface area contributed by atoms with Crippen molar-refractivity contribution in [3.05, 3.63) is 41.2 Å². The Kier molecular flexibility index (Phi) is 4.13. The summed E-state index contributed by atoms with van der Waals surface area (Å²) in [6, 6.07) is 4.66. The van der Waals surface area contributed by atoms with Crippen molar-refractivity contribution in [3.8, 4) is 0 Å². The van der Waals surface area contributed by atoms with Crippen LogP contribution in [-0.2, 0) is 16.6 Å². The Balaban J connectivity index is 2.07. The lowest BCUT2D eigenvalue weighted by atomic mass is 10.4. The lowest BCUT2D eigenvalue weighted by molar-refractivity contribution is 0.579. The Bertz CT molecular complexity index is 653. The molecule has 0 saturated carbocycles. The standard InChI is InChI=1S/C11H12FN3O2S2/c1-13-11-15-9(7-18-11)6-14-19(16,17)10-4-2-8(12)3-5-10/h2-5,7,14H,6H2,1H3,(H,13,15). The van der Waals surface area contributed by atoms with Gasteiger partial charge in [0.25, 0.3) is 0 Å². The second kappa shape index (κ2) is 5.64. The van der Waals surface area contributed by atoms with Crippen LogP contribution in [0.4, 0.5) is 9.52 Å². The van der Waals surface area contributed by atoms with E-state index in [-0.39, 0.29) is 11.4 Å². The molecule has 8 heteroatoms. The number of benzene rings is 1. The zero-order valence-electron chi connectivity index (χ0n) is 10.1. The third-order valence-corrected chi connectivity index (χ3v) is 4.66. The minimum Gasteiger partial charge on any atom is -0.365 e. The molecule has 2 aromatic rings. The van der Waals surface area contributed by atoms with Gasteiger partial charge in [-0.15, -0.1) is 11.3 Å². The minimum atomic E-state index is -3.65. The van der Waals surface area contributed by atoms with Crippen LogP contribution in [0.2, 0.25) is 0 Å². The number of hydrogen-bond acceptors (Lipinski definition) is 5. The van der Waals surface area contributed by atoms with E-state index in [4.69, 9.17) is 0 Å². The van der Waals surface area contributed by atoms with Crippen molar-refractivity contribution < 1.29 is 12.8 Å². The number of sulfonamides is 1. The normalized spacial score (nSPS) is 11.5. The quantitative estimate of drug-likeness (QED) is 0.883. The first-order valence-corrected chi connectivity index (χ1v) is 7.75. The predicted octanol–water partition coefficient (Wildman–Crippen LogP) is 1.80. The molecule has 1 heterocycles. The number of hydrogen-bond donors (Lipinski definition) is 2. The largest absolute Gasteiger partial charge is 0.365 e. The number of halogens is 1. The first-order chi connectivity index (χ1) is 9.01. The molecule has 0 atom stereocenters. The van der Waals surface area contributed by atoms with Crippen LogP contribution in [0, 0.1) is 5.82 Å². The van der Waals surface area contributed by atoms with Gasteiger partial charge in [-0.05, 0) is 24.3 Å². The van der Waals surface area contributed by atoms with Crippen molar-refractivity contribution in [2.75, 3.05) is 12.4 Å². The van der Waals surface area contributed by atoms with E-state index in [1.807, 2.05) is 0 Å². The molecule has 0 amide bonds. The van der Waals surface area contributed by atoms with Gasteiger partial charge in [0.15, 0.2) is 5.13 Å². The van der Waals surface area contributed by atoms with Gasteiger partial charge < -0.3 is 5.32 Å². The van der Waals surface area contributed by atoms with Gasteiger partial charge >= 0.3 is 0 Å². The fraction of sp³-hybridized carbons (Fsp3) is 0.182. The molecule has 0 radical (unpaired) electrons. The number of aromatic nitrogens is 1. The molecule has 1 aromatic heterocycles. The van der Waals surface area contributed by atoms with Crippen molar-refractivity contribution in [2.45, 2.75) is 11.4 Å². The van der Waals surface area contributed by atoms with Crippen molar-refractivity contribution in [1.29, 1.82) is 0 Å². The number of nitrogens with one attached hydrogen (secondary N) is 2. The third-order valence-electron chi connectivity index (χ3n) is 2.33. The van der Waals surface area contributed by atoms with Gasteiger partial charge in [0, 0.05) is 12.4 Å². The maximum absolute atomic E-state index is 12.7. The Morgan fingerprint density at radius 3 is 2.58 bits per heavy atom. The zero-order chi connectivity index (χ0) is 13.9. The molecule has 1 aromatic carbocycles. The topological polar surface area (TPSA) is 71.1 Å². The fourth-order valence-electron chi connectivity index (χ4n) is 1.37. The van der Waals surface area contributed by atoms with Crippen LogP contribution < -0.4 is 10.0 Å². The molecule has 0 aliphatic heterocycles. The highest BCUT2D eigenvalue weighted by Crippen LogP contribution is 2.15. The van der Waals surface area contributed by atoms with Crippen molar-refractivity contribution in [2.24, 2.45) is 0 Å². The van der Waals surface area contributed by atoms with Crippen molar-refractivity contribution in [3.63, 3.8) is 0 Å². The van der Waals surface area contributed by atoms with Crippen LogP contribution in [0.1, 0.15) is 5.69 Å². The molecular formula is C11H12FN3O2S2. The SMILES string of the molecule is CNc1nc(CNS(=O)(=O)c2ccc(F)cc2)cs1. The minimum absolute atomic E-state index is 0.0259. The highest BCUT2D eigenvalue weighted by molar-refractivity contribution is 7.89. The summed E-state index contributed by atoms with van der Waals surface area (Å²) >= 11 is 1.39. The molecule has 2 N–H and O–H groups in total. The highest BCUT2D eigenvalue weighted by Gasteiger charge is 2.14. The monoisotopic (exact) mass is 301 g/mol. The summed E-state index contributed by atoms with van der Waals surface area (Å²) in [5, 5.41) is 5.35. The van der Waals surface area contributed by atoms with Crippen LogP contribution in [0.3, 0.4) is 0 Å². The molecule has 0 aliphatic rings. The summed E-state index contributed by atoms with van der Waals surface area (Å²) in [6.07, 6.45) is 0. The van der Waals surface area contributed by atoms with E-state index in [2.05, 4.69) is 15.0 Å². The summed E-state index contributed by atoms with van der Waals surface area (Å²) in [5.74, 6) is -0.475. The summed E-state index contributed by atoms with van der Waals surface area (Å²) in [4.78, 5) is 4.19. The van der Waals surface area contributed by atoms with Crippen LogP contribution in [0.15, 0.2) is 34.5 Å². The number of nitrogens with zero attached hydrogens (tertiary/aromatic N) is 1. The van der Waals surface area contributed by atoms with E-state index >= 15 is 0 Å². The number of thiazole rings is 1. The Hall–Kier alpha value is -1.51. The van der Waals surface area contributed by atoms with E-state index in [1.54, 1.807) is 12.4 Å². The van der Waals surface area contributed by atoms with E-state index in [0.717, 1.165) is 17.3 Å². The molecule has 0 aliphatic carbocycles. The molecule has 2 rings (SSSR count). The van der Waals surface area contributed by atoms with E-state index in [9.17, 15) is 12.8 Å². The Labute approximate surface area is 114 Å². The Morgan fingerprint density at radius 1 is 1.32 bits per heavy atom. The van der Waals surface area contributed by atoms with Gasteiger partial charge in [-0.1, -0.05) is 0 Å². The second-order valence-corrected chi connectivity index (χ2v) is 6.30. The second-order valence-electron chi connectivity index (χ2n) is 3.67. The van der Waals surface area contributed by atoms with Crippen LogP contribution in [0.5, 0.6) is 0 Å². The summed E-state index contributed by atoms with van der Waals surface area (Å²) < 4.78 is 39.0. The summed E-state index contributed by atoms with van der Waals surface area (Å²) in [5.41, 5.74) is 0.625. The number of anilines is 1. The van der Waals surface area contributed by atoms with Gasteiger partial charge in [-0.3, -0.25) is 0 Å². The van der Waals surface area contributed by atoms with Gasteiger partial charge in [0.1, 0.15) is 5.82 Å². The van der Waals surface area contributed by atoms with Crippen molar-refractivity contribution >= 4 is 26.5 Å². The van der Waals surface area contributed by atoms with Crippen LogP contribution in [0.25, 0.3) is 0 Å². The van der Waals surface area contributed by atoms with E-state index in [0.29, 0.717) is 5.69 Å². The maximum Gasteiger partial charge on any atom is 0.240 e. The molecule has 0 fully saturated rings. The van der Waals surface area contributed by atoms with Crippen LogP contribution >= 0.6 is 11.3 Å². The van der Waals surface area contributed by atoms with Crippen LogP contribution in [-0.4, -0.2) is 20.4 Å². The average molecular weight is 301 g/mol. The molecular weight excluding hydrogens is 289 g/mol. The molecule has 0 unspecified atom stereocenters. The van der Waals surface area contributed by atoms with Gasteiger partial charge in [0.2, 0.25) is 10.0 Å². The molecule has 19 heavy (non-hydrogen) atoms. The molecule has 0 saturated heterocycles.